The molecule has 0 fully saturated rings. The second kappa shape index (κ2) is 11.9. The SMILES string of the molecule is [B]c1c([B])c([B])c2c(-c3ccc(-n4c(-c5ccccc5)nc5ccccc54)cc3)c3c([B])c([B])c([B])c([B])c3c(-c3ccccc3)c2c1[B]. The number of fused-ring (bicyclic) bond motifs is 3. The molecule has 0 spiro atoms. The second-order valence-electron chi connectivity index (χ2n) is 12.1. The lowest BCUT2D eigenvalue weighted by Crippen LogP contribution is -2.50. The molecule has 49 heavy (non-hydrogen) atoms. The molecular formula is C39H18B8N2. The van der Waals surface area contributed by atoms with Crippen LogP contribution in [0.25, 0.3) is 71.9 Å². The highest BCUT2D eigenvalue weighted by Gasteiger charge is 2.24. The van der Waals surface area contributed by atoms with Crippen LogP contribution in [0.4, 0.5) is 0 Å². The van der Waals surface area contributed by atoms with Crippen molar-refractivity contribution in [2.45, 2.75) is 0 Å². The summed E-state index contributed by atoms with van der Waals surface area (Å²) in [5.41, 5.74) is 8.43. The van der Waals surface area contributed by atoms with Gasteiger partial charge in [0.15, 0.2) is 0 Å². The fourth-order valence-electron chi connectivity index (χ4n) is 6.97. The summed E-state index contributed by atoms with van der Waals surface area (Å²) < 4.78 is 2.14. The van der Waals surface area contributed by atoms with Gasteiger partial charge < -0.3 is 0 Å². The van der Waals surface area contributed by atoms with Gasteiger partial charge >= 0.3 is 0 Å². The van der Waals surface area contributed by atoms with Crippen molar-refractivity contribution in [1.82, 2.24) is 9.55 Å². The molecule has 10 heteroatoms. The molecular weight excluding hydrogens is 583 g/mol. The Morgan fingerprint density at radius 1 is 0.367 bits per heavy atom. The maximum atomic E-state index is 6.87. The van der Waals surface area contributed by atoms with Crippen molar-refractivity contribution in [2.24, 2.45) is 0 Å². The van der Waals surface area contributed by atoms with Crippen LogP contribution in [-0.4, -0.2) is 72.3 Å². The fourth-order valence-corrected chi connectivity index (χ4v) is 6.97. The van der Waals surface area contributed by atoms with Crippen LogP contribution in [0.5, 0.6) is 0 Å². The van der Waals surface area contributed by atoms with Gasteiger partial charge in [-0.1, -0.05) is 107 Å². The van der Waals surface area contributed by atoms with Gasteiger partial charge in [0.1, 0.15) is 68.6 Å². The van der Waals surface area contributed by atoms with Crippen LogP contribution < -0.4 is 43.7 Å². The Labute approximate surface area is 296 Å². The van der Waals surface area contributed by atoms with E-state index in [0.29, 0.717) is 32.7 Å². The maximum absolute atomic E-state index is 6.87. The molecule has 0 amide bonds. The highest BCUT2D eigenvalue weighted by molar-refractivity contribution is 6.71. The molecule has 0 aliphatic rings. The summed E-state index contributed by atoms with van der Waals surface area (Å²) in [7, 11) is 53.4. The highest BCUT2D eigenvalue weighted by atomic mass is 15.1. The molecule has 0 unspecified atom stereocenters. The summed E-state index contributed by atoms with van der Waals surface area (Å²) in [6, 6.07) is 35.8. The second-order valence-corrected chi connectivity index (χ2v) is 12.1. The molecule has 0 bridgehead atoms. The molecule has 7 aromatic carbocycles. The largest absolute Gasteiger partial charge is 0.292 e. The summed E-state index contributed by atoms with van der Waals surface area (Å²) >= 11 is 0. The Hall–Kier alpha value is -4.95. The van der Waals surface area contributed by atoms with E-state index in [0.717, 1.165) is 39.2 Å². The van der Waals surface area contributed by atoms with Crippen molar-refractivity contribution in [1.29, 1.82) is 0 Å². The van der Waals surface area contributed by atoms with E-state index in [9.17, 15) is 0 Å². The number of imidazole rings is 1. The molecule has 0 saturated carbocycles. The molecule has 0 aliphatic carbocycles. The standard InChI is InChI=1S/C39H18B8N2/c40-31-27-25(19-9-3-1-4-10-19)28-30(34(43)38(47)36(45)32(28)41)26(29(27)33(42)37(46)35(31)44)20-15-17-22(18-16-20)49-24-14-8-7-13-23(24)48-39(49)21-11-5-2-6-12-21/h1-18H. The topological polar surface area (TPSA) is 17.8 Å². The monoisotopic (exact) mass is 602 g/mol. The van der Waals surface area contributed by atoms with Crippen LogP contribution in [0.3, 0.4) is 0 Å². The first kappa shape index (κ1) is 31.3. The summed E-state index contributed by atoms with van der Waals surface area (Å²) in [5, 5.41) is 2.33. The minimum absolute atomic E-state index is 0.175. The Kier molecular flexibility index (Phi) is 7.59. The summed E-state index contributed by atoms with van der Waals surface area (Å²) in [5.74, 6) is 0.818. The molecule has 0 atom stereocenters. The van der Waals surface area contributed by atoms with E-state index in [1.807, 2.05) is 103 Å². The molecule has 208 valence electrons. The molecule has 1 aromatic heterocycles. The van der Waals surface area contributed by atoms with E-state index in [1.165, 1.54) is 0 Å². The Bertz CT molecular complexity index is 2540. The number of hydrogen-bond acceptors (Lipinski definition) is 1. The van der Waals surface area contributed by atoms with E-state index < -0.39 is 0 Å². The predicted octanol–water partition coefficient (Wildman–Crippen LogP) is 0.683. The zero-order valence-corrected chi connectivity index (χ0v) is 26.4. The zero-order valence-electron chi connectivity index (χ0n) is 26.4. The number of hydrogen-bond donors (Lipinski definition) is 0. The molecule has 0 aliphatic heterocycles. The third-order valence-corrected chi connectivity index (χ3v) is 9.39. The Morgan fingerprint density at radius 2 is 0.755 bits per heavy atom. The van der Waals surface area contributed by atoms with Crippen molar-refractivity contribution in [2.75, 3.05) is 0 Å². The van der Waals surface area contributed by atoms with Crippen molar-refractivity contribution in [3.63, 3.8) is 0 Å². The minimum Gasteiger partial charge on any atom is -0.292 e. The summed E-state index contributed by atoms with van der Waals surface area (Å²) in [6.45, 7) is 0. The predicted molar refractivity (Wildman–Crippen MR) is 215 cm³/mol. The quantitative estimate of drug-likeness (QED) is 0.215. The van der Waals surface area contributed by atoms with E-state index >= 15 is 0 Å². The lowest BCUT2D eigenvalue weighted by atomic mass is 9.59. The van der Waals surface area contributed by atoms with E-state index in [4.69, 9.17) is 67.8 Å². The van der Waals surface area contributed by atoms with Crippen molar-refractivity contribution >= 4 is 139 Å². The number of aromatic nitrogens is 2. The third-order valence-electron chi connectivity index (χ3n) is 9.39. The van der Waals surface area contributed by atoms with Crippen LogP contribution >= 0.6 is 0 Å². The van der Waals surface area contributed by atoms with Crippen LogP contribution in [-0.2, 0) is 0 Å². The van der Waals surface area contributed by atoms with Gasteiger partial charge in [-0.25, -0.2) is 4.98 Å². The first-order chi connectivity index (χ1) is 23.7. The molecule has 8 aromatic rings. The Morgan fingerprint density at radius 3 is 1.22 bits per heavy atom. The van der Waals surface area contributed by atoms with Crippen LogP contribution in [0, 0.1) is 0 Å². The molecule has 2 nitrogen and oxygen atoms in total. The van der Waals surface area contributed by atoms with Gasteiger partial charge in [0.2, 0.25) is 0 Å². The van der Waals surface area contributed by atoms with Crippen LogP contribution in [0.2, 0.25) is 0 Å². The molecule has 8 rings (SSSR count). The number of nitrogens with zero attached hydrogens (tertiary/aromatic N) is 2. The molecule has 0 saturated heterocycles. The normalized spacial score (nSPS) is 11.5. The zero-order chi connectivity index (χ0) is 34.1. The van der Waals surface area contributed by atoms with Gasteiger partial charge in [0, 0.05) is 11.3 Å². The van der Waals surface area contributed by atoms with E-state index in [1.54, 1.807) is 0 Å². The number of benzene rings is 7. The fraction of sp³-hybridized carbons (Fsp3) is 0. The molecule has 0 N–H and O–H groups in total. The average molecular weight is 601 g/mol. The number of para-hydroxylation sites is 2. The van der Waals surface area contributed by atoms with Crippen LogP contribution in [0.15, 0.2) is 109 Å². The van der Waals surface area contributed by atoms with Gasteiger partial charge in [0.05, 0.1) is 11.0 Å². The Balaban J connectivity index is 1.50. The van der Waals surface area contributed by atoms with Gasteiger partial charge in [-0.2, -0.15) is 0 Å². The van der Waals surface area contributed by atoms with Crippen LogP contribution in [0.1, 0.15) is 0 Å². The van der Waals surface area contributed by atoms with Gasteiger partial charge in [-0.05, 0) is 68.1 Å². The van der Waals surface area contributed by atoms with Crippen molar-refractivity contribution < 1.29 is 0 Å². The van der Waals surface area contributed by atoms with E-state index in [2.05, 4.69) is 10.6 Å². The highest BCUT2D eigenvalue weighted by Crippen LogP contribution is 2.41. The molecule has 1 heterocycles. The molecule has 16 radical (unpaired) electrons. The third kappa shape index (κ3) is 4.71. The summed E-state index contributed by atoms with van der Waals surface area (Å²) in [4.78, 5) is 4.99. The van der Waals surface area contributed by atoms with Gasteiger partial charge in [-0.3, -0.25) is 4.57 Å². The first-order valence-corrected chi connectivity index (χ1v) is 15.6. The lowest BCUT2D eigenvalue weighted by Gasteiger charge is -2.28. The average Bonchev–Trinajstić information content (AvgIpc) is 3.54. The minimum atomic E-state index is 0.175. The van der Waals surface area contributed by atoms with Crippen molar-refractivity contribution in [3.8, 4) is 39.3 Å². The van der Waals surface area contributed by atoms with Gasteiger partial charge in [-0.15, -0.1) is 21.9 Å². The maximum Gasteiger partial charge on any atom is 0.145 e. The lowest BCUT2D eigenvalue weighted by molar-refractivity contribution is 1.10. The van der Waals surface area contributed by atoms with Crippen molar-refractivity contribution in [3.05, 3.63) is 109 Å². The smallest absolute Gasteiger partial charge is 0.145 e. The van der Waals surface area contributed by atoms with Gasteiger partial charge in [0.25, 0.3) is 0 Å². The van der Waals surface area contributed by atoms with E-state index in [-0.39, 0.29) is 43.7 Å². The number of rotatable bonds is 4. The first-order valence-electron chi connectivity index (χ1n) is 15.6. The summed E-state index contributed by atoms with van der Waals surface area (Å²) in [6.07, 6.45) is 0.